The Kier molecular flexibility index (Phi) is 6.73. The lowest BCUT2D eigenvalue weighted by Crippen LogP contribution is -2.43. The fourth-order valence-corrected chi connectivity index (χ4v) is 2.79. The van der Waals surface area contributed by atoms with E-state index < -0.39 is 35.7 Å². The number of hydrogen-bond acceptors (Lipinski definition) is 6. The van der Waals surface area contributed by atoms with Crippen molar-refractivity contribution in [1.82, 2.24) is 14.9 Å². The van der Waals surface area contributed by atoms with E-state index >= 15 is 0 Å². The molecule has 0 saturated carbocycles. The molecule has 0 radical (unpaired) electrons. The van der Waals surface area contributed by atoms with Crippen molar-refractivity contribution in [2.45, 2.75) is 24.8 Å². The summed E-state index contributed by atoms with van der Waals surface area (Å²) < 4.78 is 11.9. The standard InChI is InChI=1S/C15H19BrN4O5/c1-2-5-24-15(23)18-10-6-12(25-11(10)7-17)20-8-9(3-4-16)13(21)19-14(20)22/h2-4,8,10-12H,1,5-7,17H2,(H,18,23)(H,19,21,22)/b4-3+/t10-,11+,12+/m0/s1. The number of aromatic nitrogens is 2. The molecular weight excluding hydrogens is 396 g/mol. The van der Waals surface area contributed by atoms with Crippen LogP contribution in [0.5, 0.6) is 0 Å². The molecule has 0 aromatic carbocycles. The van der Waals surface area contributed by atoms with E-state index in [1.54, 1.807) is 0 Å². The van der Waals surface area contributed by atoms with Crippen LogP contribution in [0, 0.1) is 0 Å². The third kappa shape index (κ3) is 4.68. The normalized spacial score (nSPS) is 22.9. The smallest absolute Gasteiger partial charge is 0.407 e. The van der Waals surface area contributed by atoms with Crippen LogP contribution in [0.3, 0.4) is 0 Å². The van der Waals surface area contributed by atoms with Gasteiger partial charge in [0, 0.05) is 19.2 Å². The summed E-state index contributed by atoms with van der Waals surface area (Å²) >= 11 is 3.09. The molecule has 1 aromatic rings. The van der Waals surface area contributed by atoms with Crippen molar-refractivity contribution < 1.29 is 14.3 Å². The van der Waals surface area contributed by atoms with Crippen molar-refractivity contribution in [2.75, 3.05) is 13.2 Å². The van der Waals surface area contributed by atoms with Gasteiger partial charge < -0.3 is 20.5 Å². The second kappa shape index (κ2) is 8.79. The third-order valence-electron chi connectivity index (χ3n) is 3.65. The molecule has 1 amide bonds. The first kappa shape index (κ1) is 19.2. The predicted octanol–water partition coefficient (Wildman–Crippen LogP) is 0.429. The van der Waals surface area contributed by atoms with Crippen LogP contribution < -0.4 is 22.3 Å². The fraction of sp³-hybridized carbons (Fsp3) is 0.400. The van der Waals surface area contributed by atoms with Crippen LogP contribution >= 0.6 is 15.9 Å². The lowest BCUT2D eigenvalue weighted by molar-refractivity contribution is 0.0000300. The van der Waals surface area contributed by atoms with Crippen LogP contribution in [0.2, 0.25) is 0 Å². The van der Waals surface area contributed by atoms with E-state index in [9.17, 15) is 14.4 Å². The summed E-state index contributed by atoms with van der Waals surface area (Å²) in [5.74, 6) is 0. The Balaban J connectivity index is 2.20. The van der Waals surface area contributed by atoms with Crippen LogP contribution in [0.25, 0.3) is 6.08 Å². The minimum Gasteiger partial charge on any atom is -0.445 e. The number of H-pyrrole nitrogens is 1. The number of aromatic amines is 1. The van der Waals surface area contributed by atoms with E-state index in [0.29, 0.717) is 6.42 Å². The number of nitrogens with one attached hydrogen (secondary N) is 2. The Morgan fingerprint density at radius 2 is 2.36 bits per heavy atom. The molecule has 2 heterocycles. The number of nitrogens with zero attached hydrogens (tertiary/aromatic N) is 1. The molecule has 1 aromatic heterocycles. The van der Waals surface area contributed by atoms with Gasteiger partial charge in [-0.25, -0.2) is 9.59 Å². The second-order valence-electron chi connectivity index (χ2n) is 5.28. The van der Waals surface area contributed by atoms with Crippen molar-refractivity contribution in [3.63, 3.8) is 0 Å². The van der Waals surface area contributed by atoms with E-state index in [2.05, 4.69) is 32.8 Å². The molecule has 0 spiro atoms. The number of halogens is 1. The molecule has 0 bridgehead atoms. The molecule has 25 heavy (non-hydrogen) atoms. The molecule has 136 valence electrons. The van der Waals surface area contributed by atoms with Crippen molar-refractivity contribution in [2.24, 2.45) is 5.73 Å². The van der Waals surface area contributed by atoms with Crippen molar-refractivity contribution >= 4 is 28.1 Å². The zero-order valence-electron chi connectivity index (χ0n) is 13.3. The van der Waals surface area contributed by atoms with Crippen LogP contribution in [0.4, 0.5) is 4.79 Å². The lowest BCUT2D eigenvalue weighted by atomic mass is 10.1. The average molecular weight is 415 g/mol. The Morgan fingerprint density at radius 3 is 3.00 bits per heavy atom. The Hall–Kier alpha value is -2.17. The molecule has 4 N–H and O–H groups in total. The van der Waals surface area contributed by atoms with Crippen molar-refractivity contribution in [3.8, 4) is 0 Å². The average Bonchev–Trinajstić information content (AvgIpc) is 2.98. The second-order valence-corrected chi connectivity index (χ2v) is 5.81. The van der Waals surface area contributed by atoms with Gasteiger partial charge in [0.1, 0.15) is 12.8 Å². The van der Waals surface area contributed by atoms with Gasteiger partial charge in [-0.05, 0) is 11.1 Å². The van der Waals surface area contributed by atoms with E-state index in [0.717, 1.165) is 0 Å². The maximum absolute atomic E-state index is 12.1. The largest absolute Gasteiger partial charge is 0.445 e. The highest BCUT2D eigenvalue weighted by Crippen LogP contribution is 2.27. The molecule has 3 atom stereocenters. The zero-order chi connectivity index (χ0) is 18.4. The van der Waals surface area contributed by atoms with E-state index in [4.69, 9.17) is 15.2 Å². The molecule has 10 heteroatoms. The first-order chi connectivity index (χ1) is 12.0. The first-order valence-electron chi connectivity index (χ1n) is 7.52. The summed E-state index contributed by atoms with van der Waals surface area (Å²) in [5.41, 5.74) is 4.86. The highest BCUT2D eigenvalue weighted by molar-refractivity contribution is 9.11. The Labute approximate surface area is 151 Å². The van der Waals surface area contributed by atoms with Gasteiger partial charge in [-0.3, -0.25) is 14.3 Å². The van der Waals surface area contributed by atoms with Crippen LogP contribution in [0.15, 0.2) is 33.4 Å². The summed E-state index contributed by atoms with van der Waals surface area (Å²) in [6.45, 7) is 3.69. The van der Waals surface area contributed by atoms with Crippen LogP contribution in [-0.4, -0.2) is 40.9 Å². The number of carbonyl (C=O) groups is 1. The number of nitrogens with two attached hydrogens (primary N) is 1. The van der Waals surface area contributed by atoms with Gasteiger partial charge in [0.05, 0.1) is 17.7 Å². The first-order valence-corrected chi connectivity index (χ1v) is 8.43. The van der Waals surface area contributed by atoms with E-state index in [1.165, 1.54) is 27.9 Å². The number of ether oxygens (including phenoxy) is 2. The van der Waals surface area contributed by atoms with Gasteiger partial charge in [0.25, 0.3) is 5.56 Å². The van der Waals surface area contributed by atoms with Crippen LogP contribution in [0.1, 0.15) is 18.2 Å². The van der Waals surface area contributed by atoms with E-state index in [-0.39, 0.29) is 18.7 Å². The summed E-state index contributed by atoms with van der Waals surface area (Å²) in [5, 5.41) is 2.66. The molecule has 2 rings (SSSR count). The van der Waals surface area contributed by atoms with Gasteiger partial charge in [-0.1, -0.05) is 28.6 Å². The van der Waals surface area contributed by atoms with Crippen molar-refractivity contribution in [1.29, 1.82) is 0 Å². The summed E-state index contributed by atoms with van der Waals surface area (Å²) in [7, 11) is 0. The number of rotatable bonds is 6. The third-order valence-corrected chi connectivity index (χ3v) is 3.92. The number of carbonyl (C=O) groups excluding carboxylic acids is 1. The number of alkyl carbamates (subject to hydrolysis) is 1. The van der Waals surface area contributed by atoms with Crippen LogP contribution in [-0.2, 0) is 9.47 Å². The number of amides is 1. The minimum absolute atomic E-state index is 0.0811. The zero-order valence-corrected chi connectivity index (χ0v) is 14.9. The molecule has 0 aliphatic carbocycles. The fourth-order valence-electron chi connectivity index (χ4n) is 2.50. The monoisotopic (exact) mass is 414 g/mol. The quantitative estimate of drug-likeness (QED) is 0.578. The molecule has 0 unspecified atom stereocenters. The molecule has 9 nitrogen and oxygen atoms in total. The molecule has 1 saturated heterocycles. The molecule has 1 aliphatic heterocycles. The van der Waals surface area contributed by atoms with Gasteiger partial charge >= 0.3 is 11.8 Å². The molecule has 1 aliphatic rings. The number of hydrogen-bond donors (Lipinski definition) is 3. The van der Waals surface area contributed by atoms with E-state index in [1.807, 2.05) is 0 Å². The molecule has 1 fully saturated rings. The summed E-state index contributed by atoms with van der Waals surface area (Å²) in [4.78, 5) is 39.3. The highest BCUT2D eigenvalue weighted by atomic mass is 79.9. The topological polar surface area (TPSA) is 128 Å². The Morgan fingerprint density at radius 1 is 1.60 bits per heavy atom. The van der Waals surface area contributed by atoms with Gasteiger partial charge in [0.15, 0.2) is 0 Å². The summed E-state index contributed by atoms with van der Waals surface area (Å²) in [6, 6.07) is -0.429. The van der Waals surface area contributed by atoms with Gasteiger partial charge in [0.2, 0.25) is 0 Å². The summed E-state index contributed by atoms with van der Waals surface area (Å²) in [6.07, 6.45) is 2.87. The maximum atomic E-state index is 12.1. The molecular formula is C15H19BrN4O5. The lowest BCUT2D eigenvalue weighted by Gasteiger charge is -2.17. The minimum atomic E-state index is -0.676. The maximum Gasteiger partial charge on any atom is 0.407 e. The van der Waals surface area contributed by atoms with Gasteiger partial charge in [-0.15, -0.1) is 0 Å². The van der Waals surface area contributed by atoms with Crippen molar-refractivity contribution in [3.05, 3.63) is 50.2 Å². The Bertz CT molecular complexity index is 772. The van der Waals surface area contributed by atoms with Gasteiger partial charge in [-0.2, -0.15) is 0 Å². The predicted molar refractivity (Wildman–Crippen MR) is 95.3 cm³/mol. The highest BCUT2D eigenvalue weighted by Gasteiger charge is 2.37. The SMILES string of the molecule is C=CCOC(=O)N[C@H]1C[C@H](n2cc(/C=C/Br)c(=O)[nH]c2=O)O[C@@H]1CN.